The molecule has 2 nitrogen and oxygen atoms in total. The van der Waals surface area contributed by atoms with Gasteiger partial charge in [0.2, 0.25) is 0 Å². The van der Waals surface area contributed by atoms with Gasteiger partial charge in [0, 0.05) is 10.2 Å². The molecule has 16 heavy (non-hydrogen) atoms. The van der Waals surface area contributed by atoms with Gasteiger partial charge in [-0.2, -0.15) is 0 Å². The number of rotatable bonds is 6. The molecule has 4 heteroatoms. The third kappa shape index (κ3) is 4.58. The Morgan fingerprint density at radius 2 is 2.06 bits per heavy atom. The van der Waals surface area contributed by atoms with E-state index in [2.05, 4.69) is 15.9 Å². The fourth-order valence-corrected chi connectivity index (χ4v) is 2.65. The molecule has 0 amide bonds. The van der Waals surface area contributed by atoms with Crippen molar-refractivity contribution in [3.8, 4) is 0 Å². The summed E-state index contributed by atoms with van der Waals surface area (Å²) in [6.07, 6.45) is 1.14. The molecular weight excluding hydrogens is 288 g/mol. The van der Waals surface area contributed by atoms with Crippen molar-refractivity contribution in [2.75, 3.05) is 17.7 Å². The van der Waals surface area contributed by atoms with Gasteiger partial charge in [-0.1, -0.05) is 15.9 Å². The zero-order valence-corrected chi connectivity index (χ0v) is 11.6. The second-order valence-electron chi connectivity index (χ2n) is 3.14. The molecule has 0 heterocycles. The van der Waals surface area contributed by atoms with Gasteiger partial charge < -0.3 is 4.74 Å². The second-order valence-corrected chi connectivity index (χ2v) is 5.10. The lowest BCUT2D eigenvalue weighted by atomic mass is 10.2. The van der Waals surface area contributed by atoms with Crippen molar-refractivity contribution in [3.63, 3.8) is 0 Å². The Morgan fingerprint density at radius 3 is 2.62 bits per heavy atom. The molecule has 0 bridgehead atoms. The van der Waals surface area contributed by atoms with Crippen LogP contribution in [0, 0.1) is 0 Å². The number of halogens is 1. The van der Waals surface area contributed by atoms with Gasteiger partial charge in [-0.25, -0.2) is 4.79 Å². The fraction of sp³-hybridized carbons (Fsp3) is 0.417. The smallest absolute Gasteiger partial charge is 0.338 e. The molecule has 0 unspecified atom stereocenters. The maximum Gasteiger partial charge on any atom is 0.338 e. The lowest BCUT2D eigenvalue weighted by Gasteiger charge is -2.03. The predicted octanol–water partition coefficient (Wildman–Crippen LogP) is 3.74. The number of benzene rings is 1. The van der Waals surface area contributed by atoms with Crippen LogP contribution in [0.2, 0.25) is 0 Å². The van der Waals surface area contributed by atoms with Crippen molar-refractivity contribution in [2.24, 2.45) is 0 Å². The summed E-state index contributed by atoms with van der Waals surface area (Å²) in [4.78, 5) is 12.6. The average molecular weight is 303 g/mol. The van der Waals surface area contributed by atoms with Gasteiger partial charge in [0.05, 0.1) is 12.2 Å². The van der Waals surface area contributed by atoms with E-state index in [9.17, 15) is 4.79 Å². The summed E-state index contributed by atoms with van der Waals surface area (Å²) in [5, 5.41) is 1.03. The summed E-state index contributed by atoms with van der Waals surface area (Å²) in [7, 11) is 0. The van der Waals surface area contributed by atoms with E-state index in [1.165, 1.54) is 4.90 Å². The van der Waals surface area contributed by atoms with Gasteiger partial charge in [-0.3, -0.25) is 0 Å². The van der Waals surface area contributed by atoms with Crippen LogP contribution in [0.4, 0.5) is 0 Å². The van der Waals surface area contributed by atoms with E-state index in [4.69, 9.17) is 4.74 Å². The lowest BCUT2D eigenvalue weighted by Crippen LogP contribution is -2.03. The third-order valence-corrected chi connectivity index (χ3v) is 3.57. The van der Waals surface area contributed by atoms with Crippen molar-refractivity contribution in [3.05, 3.63) is 29.8 Å². The first kappa shape index (κ1) is 13.6. The number of carbonyl (C=O) groups is 1. The van der Waals surface area contributed by atoms with Crippen LogP contribution in [0.5, 0.6) is 0 Å². The topological polar surface area (TPSA) is 26.3 Å². The van der Waals surface area contributed by atoms with E-state index in [1.807, 2.05) is 31.2 Å². The molecule has 88 valence electrons. The molecule has 1 aromatic rings. The average Bonchev–Trinajstić information content (AvgIpc) is 2.30. The van der Waals surface area contributed by atoms with Gasteiger partial charge in [0.1, 0.15) is 0 Å². The Kier molecular flexibility index (Phi) is 6.57. The Balaban J connectivity index is 2.50. The molecule has 0 atom stereocenters. The van der Waals surface area contributed by atoms with E-state index >= 15 is 0 Å². The highest BCUT2D eigenvalue weighted by Gasteiger charge is 2.05. The maximum absolute atomic E-state index is 11.4. The number of hydrogen-bond acceptors (Lipinski definition) is 3. The monoisotopic (exact) mass is 302 g/mol. The van der Waals surface area contributed by atoms with Crippen LogP contribution in [0.1, 0.15) is 23.7 Å². The summed E-state index contributed by atoms with van der Waals surface area (Å²) in [6.45, 7) is 2.23. The Hall–Kier alpha value is -0.480. The quantitative estimate of drug-likeness (QED) is 0.346. The van der Waals surface area contributed by atoms with Crippen molar-refractivity contribution in [1.82, 2.24) is 0 Å². The second kappa shape index (κ2) is 7.74. The number of esters is 1. The van der Waals surface area contributed by atoms with Crippen LogP contribution in [-0.4, -0.2) is 23.7 Å². The minimum absolute atomic E-state index is 0.250. The zero-order valence-electron chi connectivity index (χ0n) is 9.24. The van der Waals surface area contributed by atoms with Gasteiger partial charge >= 0.3 is 5.97 Å². The van der Waals surface area contributed by atoms with E-state index in [-0.39, 0.29) is 5.97 Å². The predicted molar refractivity (Wildman–Crippen MR) is 71.5 cm³/mol. The van der Waals surface area contributed by atoms with Gasteiger partial charge in [-0.05, 0) is 43.4 Å². The SMILES string of the molecule is CCOC(=O)c1ccc(SCCCBr)cc1. The normalized spacial score (nSPS) is 10.1. The minimum atomic E-state index is -0.250. The minimum Gasteiger partial charge on any atom is -0.462 e. The molecule has 1 rings (SSSR count). The highest BCUT2D eigenvalue weighted by atomic mass is 79.9. The first-order valence-electron chi connectivity index (χ1n) is 5.24. The van der Waals surface area contributed by atoms with Crippen molar-refractivity contribution < 1.29 is 9.53 Å². The van der Waals surface area contributed by atoms with Gasteiger partial charge in [-0.15, -0.1) is 11.8 Å². The summed E-state index contributed by atoms with van der Waals surface area (Å²) in [5.41, 5.74) is 0.617. The molecule has 0 fully saturated rings. The zero-order chi connectivity index (χ0) is 11.8. The van der Waals surface area contributed by atoms with E-state index in [1.54, 1.807) is 11.8 Å². The number of hydrogen-bond donors (Lipinski definition) is 0. The Labute approximate surface area is 109 Å². The number of thioether (sulfide) groups is 1. The third-order valence-electron chi connectivity index (χ3n) is 1.91. The highest BCUT2D eigenvalue weighted by molar-refractivity contribution is 9.09. The fourth-order valence-electron chi connectivity index (χ4n) is 1.15. The van der Waals surface area contributed by atoms with Crippen LogP contribution in [0.25, 0.3) is 0 Å². The van der Waals surface area contributed by atoms with E-state index in [0.717, 1.165) is 17.5 Å². The molecular formula is C12H15BrO2S. The van der Waals surface area contributed by atoms with Crippen LogP contribution >= 0.6 is 27.7 Å². The molecule has 0 saturated heterocycles. The van der Waals surface area contributed by atoms with Crippen LogP contribution < -0.4 is 0 Å². The number of ether oxygens (including phenoxy) is 1. The largest absolute Gasteiger partial charge is 0.462 e. The Morgan fingerprint density at radius 1 is 1.38 bits per heavy atom. The summed E-state index contributed by atoms with van der Waals surface area (Å²) in [5.74, 6) is 0.837. The maximum atomic E-state index is 11.4. The molecule has 0 N–H and O–H groups in total. The first-order valence-corrected chi connectivity index (χ1v) is 7.34. The molecule has 0 aromatic heterocycles. The van der Waals surface area contributed by atoms with Gasteiger partial charge in [0.15, 0.2) is 0 Å². The summed E-state index contributed by atoms with van der Waals surface area (Å²) < 4.78 is 4.91. The van der Waals surface area contributed by atoms with Crippen LogP contribution in [0.15, 0.2) is 29.2 Å². The standard InChI is InChI=1S/C12H15BrO2S/c1-2-15-12(14)10-4-6-11(7-5-10)16-9-3-8-13/h4-7H,2-3,8-9H2,1H3. The van der Waals surface area contributed by atoms with Crippen molar-refractivity contribution >= 4 is 33.7 Å². The molecule has 0 aliphatic heterocycles. The molecule has 1 aromatic carbocycles. The highest BCUT2D eigenvalue weighted by Crippen LogP contribution is 2.19. The van der Waals surface area contributed by atoms with Crippen LogP contribution in [0.3, 0.4) is 0 Å². The number of alkyl halides is 1. The van der Waals surface area contributed by atoms with E-state index in [0.29, 0.717) is 12.2 Å². The molecule has 0 spiro atoms. The van der Waals surface area contributed by atoms with Crippen molar-refractivity contribution in [2.45, 2.75) is 18.2 Å². The molecule has 0 aliphatic rings. The summed E-state index contributed by atoms with van der Waals surface area (Å²) in [6, 6.07) is 7.55. The van der Waals surface area contributed by atoms with E-state index < -0.39 is 0 Å². The molecule has 0 aliphatic carbocycles. The summed E-state index contributed by atoms with van der Waals surface area (Å²) >= 11 is 5.19. The molecule has 0 saturated carbocycles. The van der Waals surface area contributed by atoms with Crippen molar-refractivity contribution in [1.29, 1.82) is 0 Å². The number of carbonyl (C=O) groups excluding carboxylic acids is 1. The van der Waals surface area contributed by atoms with Gasteiger partial charge in [0.25, 0.3) is 0 Å². The molecule has 0 radical (unpaired) electrons. The first-order chi connectivity index (χ1) is 7.77. The lowest BCUT2D eigenvalue weighted by molar-refractivity contribution is 0.0526. The van der Waals surface area contributed by atoms with Crippen LogP contribution in [-0.2, 0) is 4.74 Å². The Bertz CT molecular complexity index is 324.